The molecule has 0 saturated carbocycles. The first-order chi connectivity index (χ1) is 9.51. The van der Waals surface area contributed by atoms with Gasteiger partial charge in [0.05, 0.1) is 18.8 Å². The summed E-state index contributed by atoms with van der Waals surface area (Å²) < 4.78 is 15.7. The van der Waals surface area contributed by atoms with Gasteiger partial charge in [-0.2, -0.15) is 0 Å². The number of benzene rings is 1. The first-order valence-corrected chi connectivity index (χ1v) is 6.70. The summed E-state index contributed by atoms with van der Waals surface area (Å²) in [6.07, 6.45) is -0.367. The summed E-state index contributed by atoms with van der Waals surface area (Å²) in [5, 5.41) is 6.72. The Balaban J connectivity index is 2.69. The Labute approximate surface area is 125 Å². The third kappa shape index (κ3) is 4.63. The van der Waals surface area contributed by atoms with E-state index in [1.54, 1.807) is 21.3 Å². The molecule has 1 aromatic rings. The van der Waals surface area contributed by atoms with Crippen LogP contribution in [0.4, 0.5) is 5.69 Å². The molecule has 112 valence electrons. The molecule has 0 amide bonds. The lowest BCUT2D eigenvalue weighted by Crippen LogP contribution is -2.44. The van der Waals surface area contributed by atoms with E-state index < -0.39 is 0 Å². The van der Waals surface area contributed by atoms with Gasteiger partial charge in [0, 0.05) is 14.2 Å². The monoisotopic (exact) mass is 298 g/mol. The number of aryl methyl sites for hydroxylation is 1. The molecular formula is C14H22N2O3S. The average molecular weight is 298 g/mol. The predicted molar refractivity (Wildman–Crippen MR) is 84.4 cm³/mol. The zero-order valence-electron chi connectivity index (χ0n) is 12.5. The first-order valence-electron chi connectivity index (χ1n) is 6.29. The zero-order valence-corrected chi connectivity index (χ0v) is 13.3. The molecule has 2 N–H and O–H groups in total. The molecule has 1 unspecified atom stereocenters. The van der Waals surface area contributed by atoms with E-state index in [4.69, 9.17) is 26.4 Å². The normalized spacial score (nSPS) is 12.1. The van der Waals surface area contributed by atoms with Crippen molar-refractivity contribution in [2.75, 3.05) is 26.6 Å². The van der Waals surface area contributed by atoms with Crippen LogP contribution in [0.2, 0.25) is 0 Å². The molecule has 0 radical (unpaired) electrons. The third-order valence-electron chi connectivity index (χ3n) is 2.83. The van der Waals surface area contributed by atoms with Crippen molar-refractivity contribution in [3.63, 3.8) is 0 Å². The molecule has 0 aromatic heterocycles. The quantitative estimate of drug-likeness (QED) is 0.621. The van der Waals surface area contributed by atoms with Gasteiger partial charge >= 0.3 is 0 Å². The maximum Gasteiger partial charge on any atom is 0.176 e. The summed E-state index contributed by atoms with van der Waals surface area (Å²) in [7, 11) is 4.81. The van der Waals surface area contributed by atoms with E-state index in [1.807, 2.05) is 32.0 Å². The second kappa shape index (κ2) is 8.04. The number of hydrogen-bond acceptors (Lipinski definition) is 4. The van der Waals surface area contributed by atoms with E-state index in [1.165, 1.54) is 0 Å². The highest BCUT2D eigenvalue weighted by Gasteiger charge is 2.16. The highest BCUT2D eigenvalue weighted by atomic mass is 32.1. The number of rotatable bonds is 6. The lowest BCUT2D eigenvalue weighted by molar-refractivity contribution is -0.116. The highest BCUT2D eigenvalue weighted by Crippen LogP contribution is 2.25. The van der Waals surface area contributed by atoms with Crippen molar-refractivity contribution in [3.05, 3.63) is 23.8 Å². The van der Waals surface area contributed by atoms with Gasteiger partial charge in [-0.3, -0.25) is 0 Å². The fourth-order valence-electron chi connectivity index (χ4n) is 1.86. The molecule has 1 atom stereocenters. The Morgan fingerprint density at radius 2 is 1.85 bits per heavy atom. The van der Waals surface area contributed by atoms with Crippen molar-refractivity contribution in [2.45, 2.75) is 26.2 Å². The van der Waals surface area contributed by atoms with Gasteiger partial charge in [-0.1, -0.05) is 6.07 Å². The predicted octanol–water partition coefficient (Wildman–Crippen LogP) is 2.30. The minimum Gasteiger partial charge on any atom is -0.495 e. The molecule has 6 heteroatoms. The topological polar surface area (TPSA) is 51.8 Å². The number of hydrogen-bond donors (Lipinski definition) is 2. The van der Waals surface area contributed by atoms with Crippen LogP contribution in [-0.2, 0) is 9.47 Å². The van der Waals surface area contributed by atoms with E-state index in [0.717, 1.165) is 17.0 Å². The van der Waals surface area contributed by atoms with Crippen molar-refractivity contribution in [2.24, 2.45) is 0 Å². The van der Waals surface area contributed by atoms with Crippen LogP contribution in [-0.4, -0.2) is 38.8 Å². The molecule has 0 bridgehead atoms. The van der Waals surface area contributed by atoms with Gasteiger partial charge < -0.3 is 24.8 Å². The van der Waals surface area contributed by atoms with Crippen molar-refractivity contribution >= 4 is 23.0 Å². The summed E-state index contributed by atoms with van der Waals surface area (Å²) in [6, 6.07) is 5.77. The minimum absolute atomic E-state index is 0.0826. The van der Waals surface area contributed by atoms with Gasteiger partial charge in [0.1, 0.15) is 5.75 Å². The van der Waals surface area contributed by atoms with Crippen molar-refractivity contribution in [3.8, 4) is 5.75 Å². The molecular weight excluding hydrogens is 276 g/mol. The molecule has 0 fully saturated rings. The lowest BCUT2D eigenvalue weighted by Gasteiger charge is -2.24. The fourth-order valence-corrected chi connectivity index (χ4v) is 2.15. The van der Waals surface area contributed by atoms with Crippen molar-refractivity contribution in [1.82, 2.24) is 5.32 Å². The number of anilines is 1. The van der Waals surface area contributed by atoms with E-state index in [2.05, 4.69) is 10.6 Å². The Morgan fingerprint density at radius 1 is 1.20 bits per heavy atom. The summed E-state index contributed by atoms with van der Waals surface area (Å²) in [5.74, 6) is 0.738. The molecule has 0 heterocycles. The van der Waals surface area contributed by atoms with Gasteiger partial charge in [-0.25, -0.2) is 0 Å². The highest BCUT2D eigenvalue weighted by molar-refractivity contribution is 7.80. The minimum atomic E-state index is -0.367. The largest absolute Gasteiger partial charge is 0.495 e. The summed E-state index contributed by atoms with van der Waals surface area (Å²) in [5.41, 5.74) is 1.94. The molecule has 0 aliphatic rings. The van der Waals surface area contributed by atoms with Crippen LogP contribution in [0.3, 0.4) is 0 Å². The van der Waals surface area contributed by atoms with Gasteiger partial charge in [0.15, 0.2) is 11.4 Å². The molecule has 20 heavy (non-hydrogen) atoms. The maximum absolute atomic E-state index is 5.30. The molecule has 5 nitrogen and oxygen atoms in total. The number of methoxy groups -OCH3 is 3. The van der Waals surface area contributed by atoms with E-state index >= 15 is 0 Å². The molecule has 0 saturated heterocycles. The fraction of sp³-hybridized carbons (Fsp3) is 0.500. The molecule has 0 aliphatic heterocycles. The lowest BCUT2D eigenvalue weighted by atomic mass is 10.2. The van der Waals surface area contributed by atoms with Gasteiger partial charge in [0.2, 0.25) is 0 Å². The number of nitrogens with one attached hydrogen (secondary N) is 2. The zero-order chi connectivity index (χ0) is 15.1. The Kier molecular flexibility index (Phi) is 6.70. The SMILES string of the molecule is COc1ccc(C)cc1NC(=S)NC(C)C(OC)OC. The summed E-state index contributed by atoms with van der Waals surface area (Å²) in [6.45, 7) is 3.94. The van der Waals surface area contributed by atoms with Crippen LogP contribution in [0.25, 0.3) is 0 Å². The van der Waals surface area contributed by atoms with Crippen molar-refractivity contribution in [1.29, 1.82) is 0 Å². The Hall–Kier alpha value is -1.37. The van der Waals surface area contributed by atoms with Crippen LogP contribution in [0.5, 0.6) is 5.75 Å². The molecule has 1 rings (SSSR count). The third-order valence-corrected chi connectivity index (χ3v) is 3.05. The van der Waals surface area contributed by atoms with Crippen molar-refractivity contribution < 1.29 is 14.2 Å². The van der Waals surface area contributed by atoms with Gasteiger partial charge in [-0.05, 0) is 43.8 Å². The van der Waals surface area contributed by atoms with Gasteiger partial charge in [0.25, 0.3) is 0 Å². The molecule has 0 aliphatic carbocycles. The first kappa shape index (κ1) is 16.7. The van der Waals surface area contributed by atoms with E-state index in [0.29, 0.717) is 5.11 Å². The van der Waals surface area contributed by atoms with Crippen LogP contribution < -0.4 is 15.4 Å². The van der Waals surface area contributed by atoms with Crippen LogP contribution >= 0.6 is 12.2 Å². The van der Waals surface area contributed by atoms with Crippen LogP contribution in [0, 0.1) is 6.92 Å². The molecule has 0 spiro atoms. The number of thiocarbonyl (C=S) groups is 1. The second-order valence-electron chi connectivity index (χ2n) is 4.43. The summed E-state index contributed by atoms with van der Waals surface area (Å²) >= 11 is 5.29. The van der Waals surface area contributed by atoms with Gasteiger partial charge in [-0.15, -0.1) is 0 Å². The Morgan fingerprint density at radius 3 is 2.40 bits per heavy atom. The Bertz CT molecular complexity index is 450. The molecule has 1 aromatic carbocycles. The summed E-state index contributed by atoms with van der Waals surface area (Å²) in [4.78, 5) is 0. The van der Waals surface area contributed by atoms with Crippen LogP contribution in [0.15, 0.2) is 18.2 Å². The maximum atomic E-state index is 5.30. The van der Waals surface area contributed by atoms with E-state index in [9.17, 15) is 0 Å². The standard InChI is InChI=1S/C14H22N2O3S/c1-9-6-7-12(17-3)11(8-9)16-14(20)15-10(2)13(18-4)19-5/h6-8,10,13H,1-5H3,(H2,15,16,20). The number of ether oxygens (including phenoxy) is 3. The van der Waals surface area contributed by atoms with Crippen LogP contribution in [0.1, 0.15) is 12.5 Å². The smallest absolute Gasteiger partial charge is 0.176 e. The van der Waals surface area contributed by atoms with E-state index in [-0.39, 0.29) is 12.3 Å². The second-order valence-corrected chi connectivity index (χ2v) is 4.84. The average Bonchev–Trinajstić information content (AvgIpc) is 2.40.